The Balaban J connectivity index is 1.39. The van der Waals surface area contributed by atoms with E-state index in [4.69, 9.17) is 9.88 Å². The zero-order valence-electron chi connectivity index (χ0n) is 18.8. The molecule has 0 radical (unpaired) electrons. The van der Waals surface area contributed by atoms with Gasteiger partial charge in [0.05, 0.1) is 13.4 Å². The molecule has 0 amide bonds. The Hall–Kier alpha value is -2.72. The number of aromatic nitrogens is 2. The van der Waals surface area contributed by atoms with E-state index in [1.54, 1.807) is 19.6 Å². The van der Waals surface area contributed by atoms with Crippen molar-refractivity contribution in [3.63, 3.8) is 0 Å². The van der Waals surface area contributed by atoms with Gasteiger partial charge in [-0.05, 0) is 61.1 Å². The predicted octanol–water partition coefficient (Wildman–Crippen LogP) is 2.64. The van der Waals surface area contributed by atoms with Gasteiger partial charge in [-0.3, -0.25) is 0 Å². The average Bonchev–Trinajstić information content (AvgIpc) is 3.37. The van der Waals surface area contributed by atoms with Crippen LogP contribution in [-0.4, -0.2) is 37.7 Å². The van der Waals surface area contributed by atoms with Gasteiger partial charge in [0.15, 0.2) is 0 Å². The Labute approximate surface area is 195 Å². The molecule has 0 aliphatic heterocycles. The summed E-state index contributed by atoms with van der Waals surface area (Å²) in [6.07, 6.45) is 9.05. The molecule has 1 fully saturated rings. The van der Waals surface area contributed by atoms with E-state index in [-0.39, 0.29) is 12.0 Å². The maximum absolute atomic E-state index is 11.6. The SMILES string of the molecule is COc1cccc(C2(CNS(N)(=O)=O)CCC(NCc3ccc(-n4ccnc4)cc3)CC2)c1. The molecule has 1 aliphatic carbocycles. The van der Waals surface area contributed by atoms with Crippen LogP contribution in [0.1, 0.15) is 36.8 Å². The predicted molar refractivity (Wildman–Crippen MR) is 128 cm³/mol. The second kappa shape index (κ2) is 10.0. The number of imidazole rings is 1. The van der Waals surface area contributed by atoms with Crippen LogP contribution in [0.4, 0.5) is 0 Å². The molecule has 0 saturated heterocycles. The normalized spacial score (nSPS) is 21.1. The van der Waals surface area contributed by atoms with Gasteiger partial charge in [-0.25, -0.2) is 14.8 Å². The molecule has 8 nitrogen and oxygen atoms in total. The number of ether oxygens (including phenoxy) is 1. The Morgan fingerprint density at radius 1 is 1.18 bits per heavy atom. The van der Waals surface area contributed by atoms with Crippen LogP contribution in [0.25, 0.3) is 5.69 Å². The van der Waals surface area contributed by atoms with Crippen LogP contribution < -0.4 is 19.9 Å². The van der Waals surface area contributed by atoms with Crippen molar-refractivity contribution < 1.29 is 13.2 Å². The van der Waals surface area contributed by atoms with Crippen LogP contribution in [0.2, 0.25) is 0 Å². The van der Waals surface area contributed by atoms with Crippen molar-refractivity contribution in [3.05, 3.63) is 78.4 Å². The molecule has 4 rings (SSSR count). The monoisotopic (exact) mass is 469 g/mol. The molecule has 1 aromatic heterocycles. The molecule has 0 unspecified atom stereocenters. The van der Waals surface area contributed by atoms with E-state index in [9.17, 15) is 8.42 Å². The Morgan fingerprint density at radius 3 is 2.58 bits per heavy atom. The van der Waals surface area contributed by atoms with Gasteiger partial charge in [0, 0.05) is 42.6 Å². The second-order valence-corrected chi connectivity index (χ2v) is 10.0. The molecule has 1 aliphatic rings. The second-order valence-electron chi connectivity index (χ2n) is 8.67. The first-order valence-corrected chi connectivity index (χ1v) is 12.6. The molecule has 1 saturated carbocycles. The van der Waals surface area contributed by atoms with Crippen molar-refractivity contribution in [2.24, 2.45) is 5.14 Å². The lowest BCUT2D eigenvalue weighted by Gasteiger charge is -2.41. The summed E-state index contributed by atoms with van der Waals surface area (Å²) in [4.78, 5) is 4.09. The zero-order chi connectivity index (χ0) is 23.3. The zero-order valence-corrected chi connectivity index (χ0v) is 19.6. The number of nitrogens with two attached hydrogens (primary N) is 1. The van der Waals surface area contributed by atoms with Crippen molar-refractivity contribution in [2.45, 2.75) is 43.7 Å². The standard InChI is InChI=1S/C24H31N5O3S/c1-32-23-4-2-3-20(15-23)24(17-28-33(25,30)31)11-9-21(10-12-24)27-16-19-5-7-22(8-6-19)29-14-13-26-18-29/h2-8,13-15,18,21,27-28H,9-12,16-17H2,1H3,(H2,25,30,31). The van der Waals surface area contributed by atoms with Gasteiger partial charge in [0.25, 0.3) is 10.2 Å². The third-order valence-corrected chi connectivity index (χ3v) is 7.12. The van der Waals surface area contributed by atoms with Gasteiger partial charge in [-0.2, -0.15) is 8.42 Å². The number of methoxy groups -OCH3 is 1. The summed E-state index contributed by atoms with van der Waals surface area (Å²) in [6.45, 7) is 1.07. The van der Waals surface area contributed by atoms with E-state index in [0.717, 1.165) is 49.2 Å². The number of hydrogen-bond acceptors (Lipinski definition) is 5. The average molecular weight is 470 g/mol. The van der Waals surface area contributed by atoms with Crippen LogP contribution in [0.5, 0.6) is 5.75 Å². The van der Waals surface area contributed by atoms with Crippen molar-refractivity contribution in [2.75, 3.05) is 13.7 Å². The van der Waals surface area contributed by atoms with Gasteiger partial charge in [-0.15, -0.1) is 0 Å². The van der Waals surface area contributed by atoms with Gasteiger partial charge < -0.3 is 14.6 Å². The third kappa shape index (κ3) is 6.00. The molecule has 3 aromatic rings. The van der Waals surface area contributed by atoms with Crippen molar-refractivity contribution >= 4 is 10.2 Å². The minimum Gasteiger partial charge on any atom is -0.497 e. The van der Waals surface area contributed by atoms with E-state index in [1.165, 1.54) is 5.56 Å². The number of rotatable bonds is 9. The smallest absolute Gasteiger partial charge is 0.274 e. The molecule has 176 valence electrons. The van der Waals surface area contributed by atoms with Crippen molar-refractivity contribution in [1.29, 1.82) is 0 Å². The molecule has 0 spiro atoms. The van der Waals surface area contributed by atoms with E-state index >= 15 is 0 Å². The highest BCUT2D eigenvalue weighted by atomic mass is 32.2. The van der Waals surface area contributed by atoms with Gasteiger partial charge in [0.1, 0.15) is 5.75 Å². The van der Waals surface area contributed by atoms with Crippen LogP contribution >= 0.6 is 0 Å². The van der Waals surface area contributed by atoms with Crippen molar-refractivity contribution in [1.82, 2.24) is 19.6 Å². The Morgan fingerprint density at radius 2 is 1.94 bits per heavy atom. The van der Waals surface area contributed by atoms with E-state index in [0.29, 0.717) is 6.04 Å². The highest BCUT2D eigenvalue weighted by Crippen LogP contribution is 2.40. The molecule has 4 N–H and O–H groups in total. The van der Waals surface area contributed by atoms with Crippen molar-refractivity contribution in [3.8, 4) is 11.4 Å². The molecule has 33 heavy (non-hydrogen) atoms. The summed E-state index contributed by atoms with van der Waals surface area (Å²) in [6, 6.07) is 16.7. The lowest BCUT2D eigenvalue weighted by molar-refractivity contribution is 0.245. The lowest BCUT2D eigenvalue weighted by atomic mass is 9.68. The number of hydrogen-bond donors (Lipinski definition) is 3. The first-order valence-electron chi connectivity index (χ1n) is 11.1. The fourth-order valence-electron chi connectivity index (χ4n) is 4.59. The third-order valence-electron chi connectivity index (χ3n) is 6.57. The lowest BCUT2D eigenvalue weighted by Crippen LogP contribution is -2.47. The first-order chi connectivity index (χ1) is 15.9. The number of benzene rings is 2. The fraction of sp³-hybridized carbons (Fsp3) is 0.375. The molecule has 1 heterocycles. The minimum atomic E-state index is -3.77. The maximum atomic E-state index is 11.6. The molecule has 2 aromatic carbocycles. The number of nitrogens with one attached hydrogen (secondary N) is 2. The van der Waals surface area contributed by atoms with E-state index in [2.05, 4.69) is 39.3 Å². The molecular formula is C24H31N5O3S. The topological polar surface area (TPSA) is 111 Å². The number of nitrogens with zero attached hydrogens (tertiary/aromatic N) is 2. The summed E-state index contributed by atoms with van der Waals surface area (Å²) in [5, 5.41) is 8.91. The highest BCUT2D eigenvalue weighted by Gasteiger charge is 2.37. The van der Waals surface area contributed by atoms with Gasteiger partial charge >= 0.3 is 0 Å². The van der Waals surface area contributed by atoms with Crippen LogP contribution in [0.15, 0.2) is 67.3 Å². The summed E-state index contributed by atoms with van der Waals surface area (Å²) >= 11 is 0. The molecule has 0 bridgehead atoms. The summed E-state index contributed by atoms with van der Waals surface area (Å²) in [5.41, 5.74) is 3.07. The molecular weight excluding hydrogens is 438 g/mol. The largest absolute Gasteiger partial charge is 0.497 e. The molecule has 0 atom stereocenters. The van der Waals surface area contributed by atoms with Crippen LogP contribution in [-0.2, 0) is 22.2 Å². The first kappa shape index (κ1) is 23.4. The van der Waals surface area contributed by atoms with Crippen LogP contribution in [0, 0.1) is 0 Å². The van der Waals surface area contributed by atoms with Gasteiger partial charge in [-0.1, -0.05) is 24.3 Å². The van der Waals surface area contributed by atoms with Gasteiger partial charge in [0.2, 0.25) is 0 Å². The van der Waals surface area contributed by atoms with E-state index < -0.39 is 10.2 Å². The Kier molecular flexibility index (Phi) is 7.14. The fourth-order valence-corrected chi connectivity index (χ4v) is 5.07. The minimum absolute atomic E-state index is 0.279. The molecule has 9 heteroatoms. The summed E-state index contributed by atoms with van der Waals surface area (Å²) < 4.78 is 33.2. The summed E-state index contributed by atoms with van der Waals surface area (Å²) in [5.74, 6) is 0.766. The quantitative estimate of drug-likeness (QED) is 0.446. The van der Waals surface area contributed by atoms with Crippen LogP contribution in [0.3, 0.4) is 0 Å². The highest BCUT2D eigenvalue weighted by molar-refractivity contribution is 7.87. The summed E-state index contributed by atoms with van der Waals surface area (Å²) in [7, 11) is -2.13. The van der Waals surface area contributed by atoms with E-state index in [1.807, 2.05) is 35.0 Å². The Bertz CT molecular complexity index is 1140. The maximum Gasteiger partial charge on any atom is 0.274 e.